The first-order valence-corrected chi connectivity index (χ1v) is 11.4. The molecule has 1 saturated heterocycles. The van der Waals surface area contributed by atoms with Gasteiger partial charge in [-0.3, -0.25) is 14.3 Å². The van der Waals surface area contributed by atoms with E-state index in [0.717, 1.165) is 51.3 Å². The third-order valence-corrected chi connectivity index (χ3v) is 6.09. The highest BCUT2D eigenvalue weighted by Crippen LogP contribution is 2.30. The summed E-state index contributed by atoms with van der Waals surface area (Å²) in [5.41, 5.74) is 3.07. The van der Waals surface area contributed by atoms with E-state index in [2.05, 4.69) is 32.2 Å². The molecule has 7 nitrogen and oxygen atoms in total. The molecule has 0 atom stereocenters. The number of hydrogen-bond donors (Lipinski definition) is 0. The van der Waals surface area contributed by atoms with E-state index in [1.165, 1.54) is 19.1 Å². The molecule has 1 aromatic heterocycles. The minimum atomic E-state index is -0.395. The van der Waals surface area contributed by atoms with Crippen LogP contribution in [0, 0.1) is 5.82 Å². The van der Waals surface area contributed by atoms with Crippen molar-refractivity contribution in [3.8, 4) is 0 Å². The number of fused-ring (bicyclic) bond motifs is 1. The second kappa shape index (κ2) is 10.2. The summed E-state index contributed by atoms with van der Waals surface area (Å²) in [4.78, 5) is 32.4. The zero-order valence-electron chi connectivity index (χ0n) is 18.4. The molecule has 9 heteroatoms. The first-order chi connectivity index (χ1) is 16.0. The fourth-order valence-corrected chi connectivity index (χ4v) is 4.32. The number of oxazole rings is 1. The Morgan fingerprint density at radius 2 is 1.88 bits per heavy atom. The van der Waals surface area contributed by atoms with E-state index in [1.54, 1.807) is 28.8 Å². The van der Waals surface area contributed by atoms with Crippen molar-refractivity contribution in [3.63, 3.8) is 0 Å². The van der Waals surface area contributed by atoms with Crippen LogP contribution in [0.1, 0.15) is 30.1 Å². The second-order valence-corrected chi connectivity index (χ2v) is 8.31. The van der Waals surface area contributed by atoms with Gasteiger partial charge in [0.25, 0.3) is 0 Å². The Hall–Kier alpha value is -3.13. The van der Waals surface area contributed by atoms with E-state index in [0.29, 0.717) is 28.9 Å². The molecule has 2 heterocycles. The fraction of sp³-hybridized carbons (Fsp3) is 0.375. The predicted octanol–water partition coefficient (Wildman–Crippen LogP) is 4.27. The van der Waals surface area contributed by atoms with Crippen LogP contribution in [-0.2, 0) is 6.54 Å². The lowest BCUT2D eigenvalue weighted by molar-refractivity contribution is 0.101. The minimum absolute atomic E-state index is 0.0607. The average Bonchev–Trinajstić information content (AvgIpc) is 3.12. The summed E-state index contributed by atoms with van der Waals surface area (Å²) in [5.74, 6) is -0.798. The van der Waals surface area contributed by atoms with Crippen molar-refractivity contribution in [1.29, 1.82) is 0 Å². The Balaban J connectivity index is 1.28. The number of isothiocyanates is 1. The van der Waals surface area contributed by atoms with Crippen molar-refractivity contribution in [2.24, 2.45) is 4.99 Å². The number of aryl methyl sites for hydroxylation is 1. The molecule has 0 spiro atoms. The third-order valence-electron chi connectivity index (χ3n) is 6.00. The van der Waals surface area contributed by atoms with E-state index in [4.69, 9.17) is 4.42 Å². The highest BCUT2D eigenvalue weighted by atomic mass is 32.1. The van der Waals surface area contributed by atoms with Crippen LogP contribution in [0.3, 0.4) is 0 Å². The highest BCUT2D eigenvalue weighted by molar-refractivity contribution is 7.78. The first kappa shape index (κ1) is 23.0. The van der Waals surface area contributed by atoms with Crippen LogP contribution in [0.2, 0.25) is 0 Å². The normalized spacial score (nSPS) is 14.4. The summed E-state index contributed by atoms with van der Waals surface area (Å²) in [5, 5.41) is 2.33. The summed E-state index contributed by atoms with van der Waals surface area (Å²) >= 11 is 4.69. The molecular formula is C24H25FN4O3S. The number of Topliss-reactive ketones (excluding diaryl/α,β-unsaturated/α-hetero) is 1. The third kappa shape index (κ3) is 5.27. The van der Waals surface area contributed by atoms with Gasteiger partial charge in [0.1, 0.15) is 11.5 Å². The summed E-state index contributed by atoms with van der Waals surface area (Å²) in [7, 11) is 0. The molecular weight excluding hydrogens is 443 g/mol. The quantitative estimate of drug-likeness (QED) is 0.213. The molecule has 0 bridgehead atoms. The molecule has 1 aliphatic heterocycles. The predicted molar refractivity (Wildman–Crippen MR) is 129 cm³/mol. The van der Waals surface area contributed by atoms with Crippen LogP contribution < -0.4 is 10.7 Å². The number of aromatic nitrogens is 1. The van der Waals surface area contributed by atoms with Crippen LogP contribution in [0.15, 0.2) is 50.6 Å². The number of aliphatic imine (C=N–C) groups is 1. The smallest absolute Gasteiger partial charge is 0.408 e. The number of benzene rings is 2. The van der Waals surface area contributed by atoms with Gasteiger partial charge in [0, 0.05) is 44.4 Å². The zero-order chi connectivity index (χ0) is 23.4. The van der Waals surface area contributed by atoms with Crippen molar-refractivity contribution in [2.75, 3.05) is 37.6 Å². The first-order valence-electron chi connectivity index (χ1n) is 11.0. The summed E-state index contributed by atoms with van der Waals surface area (Å²) < 4.78 is 20.5. The SMILES string of the molecule is CC(=O)c1ccc2c(c1)oc(=O)n2CCCCN1CCN(c2ccc(F)cc2N=C=S)CC1. The maximum atomic E-state index is 13.5. The van der Waals surface area contributed by atoms with Crippen LogP contribution in [0.4, 0.5) is 15.8 Å². The van der Waals surface area contributed by atoms with Crippen molar-refractivity contribution in [3.05, 3.63) is 58.3 Å². The maximum absolute atomic E-state index is 13.5. The van der Waals surface area contributed by atoms with Gasteiger partial charge in [0.2, 0.25) is 0 Å². The largest absolute Gasteiger partial charge is 0.419 e. The lowest BCUT2D eigenvalue weighted by Crippen LogP contribution is -2.46. The molecule has 0 amide bonds. The highest BCUT2D eigenvalue weighted by Gasteiger charge is 2.19. The molecule has 4 rings (SSSR count). The van der Waals surface area contributed by atoms with E-state index >= 15 is 0 Å². The summed E-state index contributed by atoms with van der Waals surface area (Å²) in [6.45, 7) is 6.40. The summed E-state index contributed by atoms with van der Waals surface area (Å²) in [6, 6.07) is 9.67. The van der Waals surface area contributed by atoms with Crippen LogP contribution in [0.5, 0.6) is 0 Å². The number of hydrogen-bond acceptors (Lipinski definition) is 7. The molecule has 33 heavy (non-hydrogen) atoms. The van der Waals surface area contributed by atoms with E-state index < -0.39 is 5.76 Å². The number of rotatable bonds is 8. The Kier molecular flexibility index (Phi) is 7.13. The van der Waals surface area contributed by atoms with Gasteiger partial charge in [-0.25, -0.2) is 9.18 Å². The number of nitrogens with zero attached hydrogens (tertiary/aromatic N) is 4. The lowest BCUT2D eigenvalue weighted by atomic mass is 10.1. The second-order valence-electron chi connectivity index (χ2n) is 8.13. The molecule has 0 radical (unpaired) electrons. The van der Waals surface area contributed by atoms with Crippen LogP contribution in [0.25, 0.3) is 11.1 Å². The van der Waals surface area contributed by atoms with Gasteiger partial charge >= 0.3 is 5.76 Å². The molecule has 1 aliphatic rings. The zero-order valence-corrected chi connectivity index (χ0v) is 19.2. The molecule has 1 fully saturated rings. The number of halogens is 1. The van der Waals surface area contributed by atoms with Crippen LogP contribution in [-0.4, -0.2) is 53.1 Å². The Bertz CT molecular complexity index is 1270. The standard InChI is InChI=1S/C24H25FN4O3S/c1-17(30)18-4-6-22-23(14-18)32-24(31)29(22)9-3-2-8-27-10-12-28(13-11-27)21-7-5-19(25)15-20(21)26-16-33/h4-7,14-15H,2-3,8-13H2,1H3. The van der Waals surface area contributed by atoms with Gasteiger partial charge in [-0.1, -0.05) is 0 Å². The van der Waals surface area contributed by atoms with E-state index in [1.807, 2.05) is 0 Å². The minimum Gasteiger partial charge on any atom is -0.408 e. The Morgan fingerprint density at radius 3 is 2.61 bits per heavy atom. The Labute approximate surface area is 196 Å². The van der Waals surface area contributed by atoms with Gasteiger partial charge in [-0.05, 0) is 68.9 Å². The van der Waals surface area contributed by atoms with Crippen molar-refractivity contribution in [2.45, 2.75) is 26.3 Å². The number of anilines is 1. The number of unbranched alkanes of at least 4 members (excludes halogenated alkanes) is 1. The lowest BCUT2D eigenvalue weighted by Gasteiger charge is -2.36. The number of thiocarbonyl (C=S) groups is 1. The number of ketones is 1. The van der Waals surface area contributed by atoms with Gasteiger partial charge in [0.15, 0.2) is 11.4 Å². The Morgan fingerprint density at radius 1 is 1.12 bits per heavy atom. The number of carbonyl (C=O) groups excluding carboxylic acids is 1. The van der Waals surface area contributed by atoms with Gasteiger partial charge in [-0.2, -0.15) is 4.99 Å². The van der Waals surface area contributed by atoms with E-state index in [9.17, 15) is 14.0 Å². The molecule has 0 N–H and O–H groups in total. The van der Waals surface area contributed by atoms with Gasteiger partial charge < -0.3 is 9.32 Å². The topological polar surface area (TPSA) is 71.1 Å². The monoisotopic (exact) mass is 468 g/mol. The van der Waals surface area contributed by atoms with Crippen LogP contribution >= 0.6 is 12.2 Å². The van der Waals surface area contributed by atoms with Crippen molar-refractivity contribution in [1.82, 2.24) is 9.47 Å². The fourth-order valence-electron chi connectivity index (χ4n) is 4.22. The van der Waals surface area contributed by atoms with Gasteiger partial charge in [0.05, 0.1) is 16.4 Å². The molecule has 172 valence electrons. The molecule has 3 aromatic rings. The molecule has 0 unspecified atom stereocenters. The van der Waals surface area contributed by atoms with Crippen molar-refractivity contribution >= 4 is 45.6 Å². The average molecular weight is 469 g/mol. The maximum Gasteiger partial charge on any atom is 0.419 e. The van der Waals surface area contributed by atoms with Crippen molar-refractivity contribution < 1.29 is 13.6 Å². The summed E-state index contributed by atoms with van der Waals surface area (Å²) in [6.07, 6.45) is 1.79. The number of piperazine rings is 1. The molecule has 2 aromatic carbocycles. The molecule has 0 saturated carbocycles. The van der Waals surface area contributed by atoms with E-state index in [-0.39, 0.29) is 11.6 Å². The number of carbonyl (C=O) groups is 1. The van der Waals surface area contributed by atoms with Gasteiger partial charge in [-0.15, -0.1) is 0 Å². The molecule has 0 aliphatic carbocycles.